The molecule has 3 aromatic heterocycles. The Kier molecular flexibility index (Phi) is 3.74. The highest BCUT2D eigenvalue weighted by molar-refractivity contribution is 6.31. The van der Waals surface area contributed by atoms with Crippen LogP contribution < -0.4 is 11.1 Å². The molecule has 0 radical (unpaired) electrons. The van der Waals surface area contributed by atoms with Crippen molar-refractivity contribution in [3.05, 3.63) is 91.7 Å². The van der Waals surface area contributed by atoms with Gasteiger partial charge in [0.25, 0.3) is 11.1 Å². The Labute approximate surface area is 146 Å². The number of rotatable bonds is 3. The lowest BCUT2D eigenvalue weighted by Gasteiger charge is -2.05. The van der Waals surface area contributed by atoms with Crippen molar-refractivity contribution in [1.82, 2.24) is 19.6 Å². The van der Waals surface area contributed by atoms with Gasteiger partial charge in [-0.15, -0.1) is 0 Å². The van der Waals surface area contributed by atoms with Crippen molar-refractivity contribution >= 4 is 17.2 Å². The first-order chi connectivity index (χ1) is 12.1. The van der Waals surface area contributed by atoms with Gasteiger partial charge < -0.3 is 4.98 Å². The van der Waals surface area contributed by atoms with Crippen molar-refractivity contribution in [3.8, 4) is 11.3 Å². The van der Waals surface area contributed by atoms with Crippen molar-refractivity contribution in [2.24, 2.45) is 0 Å². The number of nitrogens with zero attached hydrogens (tertiary/aromatic N) is 2. The Morgan fingerprint density at radius 1 is 1.08 bits per heavy atom. The number of fused-ring (bicyclic) bond motifs is 1. The summed E-state index contributed by atoms with van der Waals surface area (Å²) in [5, 5.41) is 3.15. The van der Waals surface area contributed by atoms with E-state index in [-0.39, 0.29) is 11.1 Å². The molecule has 1 aromatic carbocycles. The quantitative estimate of drug-likeness (QED) is 0.594. The average molecular weight is 353 g/mol. The highest BCUT2D eigenvalue weighted by atomic mass is 35.5. The third-order valence-corrected chi connectivity index (χ3v) is 4.42. The molecule has 2 N–H and O–H groups in total. The summed E-state index contributed by atoms with van der Waals surface area (Å²) in [4.78, 5) is 31.9. The normalized spacial score (nSPS) is 11.1. The Morgan fingerprint density at radius 3 is 2.60 bits per heavy atom. The van der Waals surface area contributed by atoms with Crippen LogP contribution in [0.15, 0.2) is 64.4 Å². The second kappa shape index (κ2) is 6.07. The molecule has 0 saturated heterocycles. The van der Waals surface area contributed by atoms with Crippen LogP contribution in [0, 0.1) is 0 Å². The number of halogens is 1. The molecule has 25 heavy (non-hydrogen) atoms. The van der Waals surface area contributed by atoms with E-state index in [1.54, 1.807) is 30.6 Å². The Hall–Kier alpha value is -3.12. The molecular formula is C18H13ClN4O2. The number of H-pyrrole nitrogens is 2. The van der Waals surface area contributed by atoms with Gasteiger partial charge in [-0.1, -0.05) is 29.8 Å². The van der Waals surface area contributed by atoms with Gasteiger partial charge in [-0.05, 0) is 23.8 Å². The van der Waals surface area contributed by atoms with Gasteiger partial charge in [0.1, 0.15) is 5.65 Å². The minimum atomic E-state index is -0.319. The minimum Gasteiger partial charge on any atom is -0.339 e. The van der Waals surface area contributed by atoms with Gasteiger partial charge >= 0.3 is 0 Å². The van der Waals surface area contributed by atoms with Crippen LogP contribution in [0.2, 0.25) is 5.02 Å². The summed E-state index contributed by atoms with van der Waals surface area (Å²) in [5.74, 6) is 0. The molecule has 3 heterocycles. The van der Waals surface area contributed by atoms with Crippen LogP contribution in [0.25, 0.3) is 16.9 Å². The van der Waals surface area contributed by atoms with E-state index in [1.807, 2.05) is 18.2 Å². The number of aromatic amines is 2. The number of aromatic nitrogens is 4. The Morgan fingerprint density at radius 2 is 1.84 bits per heavy atom. The molecule has 0 aliphatic heterocycles. The van der Waals surface area contributed by atoms with Gasteiger partial charge in [0.15, 0.2) is 0 Å². The molecule has 0 saturated carbocycles. The molecule has 0 amide bonds. The van der Waals surface area contributed by atoms with Crippen LogP contribution in [0.5, 0.6) is 0 Å². The third-order valence-electron chi connectivity index (χ3n) is 4.05. The van der Waals surface area contributed by atoms with E-state index < -0.39 is 0 Å². The smallest absolute Gasteiger partial charge is 0.273 e. The molecule has 4 rings (SSSR count). The molecule has 0 atom stereocenters. The highest BCUT2D eigenvalue weighted by Gasteiger charge is 2.15. The zero-order chi connectivity index (χ0) is 17.4. The second-order valence-corrected chi connectivity index (χ2v) is 6.04. The topological polar surface area (TPSA) is 83.0 Å². The van der Waals surface area contributed by atoms with E-state index >= 15 is 0 Å². The fourth-order valence-corrected chi connectivity index (χ4v) is 3.00. The lowest BCUT2D eigenvalue weighted by atomic mass is 10.1. The number of pyridine rings is 1. The highest BCUT2D eigenvalue weighted by Crippen LogP contribution is 2.20. The lowest BCUT2D eigenvalue weighted by molar-refractivity contribution is 0.884. The van der Waals surface area contributed by atoms with E-state index in [9.17, 15) is 9.59 Å². The lowest BCUT2D eigenvalue weighted by Crippen LogP contribution is -2.15. The largest absolute Gasteiger partial charge is 0.339 e. The predicted molar refractivity (Wildman–Crippen MR) is 96.1 cm³/mol. The van der Waals surface area contributed by atoms with Crippen LogP contribution >= 0.6 is 11.6 Å². The monoisotopic (exact) mass is 352 g/mol. The maximum atomic E-state index is 12.4. The van der Waals surface area contributed by atoms with Crippen molar-refractivity contribution in [2.75, 3.05) is 0 Å². The van der Waals surface area contributed by atoms with Gasteiger partial charge in [0.05, 0.1) is 11.3 Å². The van der Waals surface area contributed by atoms with E-state index in [2.05, 4.69) is 15.1 Å². The molecule has 0 aliphatic rings. The molecule has 124 valence electrons. The average Bonchev–Trinajstić information content (AvgIpc) is 2.94. The summed E-state index contributed by atoms with van der Waals surface area (Å²) in [6.45, 7) is 0. The maximum Gasteiger partial charge on any atom is 0.273 e. The molecular weight excluding hydrogens is 340 g/mol. The molecule has 0 unspecified atom stereocenters. The van der Waals surface area contributed by atoms with Crippen LogP contribution in [-0.2, 0) is 6.42 Å². The summed E-state index contributed by atoms with van der Waals surface area (Å²) in [7, 11) is 0. The minimum absolute atomic E-state index is 0.317. The van der Waals surface area contributed by atoms with Crippen molar-refractivity contribution in [3.63, 3.8) is 0 Å². The summed E-state index contributed by atoms with van der Waals surface area (Å²) >= 11 is 6.21. The van der Waals surface area contributed by atoms with Gasteiger partial charge in [0, 0.05) is 35.5 Å². The second-order valence-electron chi connectivity index (χ2n) is 5.63. The number of nitrogens with one attached hydrogen (secondary N) is 2. The van der Waals surface area contributed by atoms with E-state index in [1.165, 1.54) is 10.6 Å². The third kappa shape index (κ3) is 2.77. The van der Waals surface area contributed by atoms with Gasteiger partial charge in [-0.25, -0.2) is 4.52 Å². The van der Waals surface area contributed by atoms with Crippen LogP contribution in [0.4, 0.5) is 0 Å². The van der Waals surface area contributed by atoms with E-state index in [4.69, 9.17) is 11.6 Å². The molecule has 0 spiro atoms. The SMILES string of the molecule is O=c1[nH]n2c(=O)cc(-c3ccncc3)[nH]c2c1Cc1ccccc1Cl. The first kappa shape index (κ1) is 15.4. The maximum absolute atomic E-state index is 12.4. The molecule has 0 bridgehead atoms. The first-order valence-electron chi connectivity index (χ1n) is 7.64. The predicted octanol–water partition coefficient (Wildman–Crippen LogP) is 2.62. The molecule has 4 aromatic rings. The number of hydrogen-bond donors (Lipinski definition) is 2. The van der Waals surface area contributed by atoms with Crippen LogP contribution in [0.1, 0.15) is 11.1 Å². The summed E-state index contributed by atoms with van der Waals surface area (Å²) in [6.07, 6.45) is 3.61. The van der Waals surface area contributed by atoms with Crippen LogP contribution in [-0.4, -0.2) is 19.6 Å². The fraction of sp³-hybridized carbons (Fsp3) is 0.0556. The summed E-state index contributed by atoms with van der Waals surface area (Å²) < 4.78 is 1.22. The van der Waals surface area contributed by atoms with Gasteiger partial charge in [-0.2, -0.15) is 0 Å². The molecule has 0 aliphatic carbocycles. The number of hydrogen-bond acceptors (Lipinski definition) is 3. The Balaban J connectivity index is 1.92. The molecule has 6 nitrogen and oxygen atoms in total. The summed E-state index contributed by atoms with van der Waals surface area (Å²) in [5.41, 5.74) is 2.50. The first-order valence-corrected chi connectivity index (χ1v) is 8.02. The standard InChI is InChI=1S/C18H13ClN4O2/c19-14-4-2-1-3-12(14)9-13-17-21-15(11-5-7-20-8-6-11)10-16(24)23(17)22-18(13)25/h1-8,10,21H,9H2,(H,22,25). The van der Waals surface area contributed by atoms with Crippen LogP contribution in [0.3, 0.4) is 0 Å². The fourth-order valence-electron chi connectivity index (χ4n) is 2.80. The van der Waals surface area contributed by atoms with E-state index in [0.717, 1.165) is 11.1 Å². The Bertz CT molecular complexity index is 1180. The van der Waals surface area contributed by atoms with Crippen molar-refractivity contribution in [2.45, 2.75) is 6.42 Å². The van der Waals surface area contributed by atoms with E-state index in [0.29, 0.717) is 28.3 Å². The zero-order valence-electron chi connectivity index (χ0n) is 13.0. The number of benzene rings is 1. The molecule has 0 fully saturated rings. The van der Waals surface area contributed by atoms with Crippen molar-refractivity contribution < 1.29 is 0 Å². The van der Waals surface area contributed by atoms with Gasteiger partial charge in [0.2, 0.25) is 0 Å². The molecule has 7 heteroatoms. The van der Waals surface area contributed by atoms with Crippen molar-refractivity contribution in [1.29, 1.82) is 0 Å². The van der Waals surface area contributed by atoms with Gasteiger partial charge in [-0.3, -0.25) is 19.7 Å². The summed E-state index contributed by atoms with van der Waals surface area (Å²) in [6, 6.07) is 12.3. The zero-order valence-corrected chi connectivity index (χ0v) is 13.7.